The Morgan fingerprint density at radius 1 is 1.09 bits per heavy atom. The number of likely N-dealkylation sites (tertiary alicyclic amines) is 1. The number of phenolic OH excluding ortho intramolecular Hbond substituents is 1. The van der Waals surface area contributed by atoms with Gasteiger partial charge in [0.15, 0.2) is 0 Å². The second-order valence-corrected chi connectivity index (χ2v) is 6.80. The van der Waals surface area contributed by atoms with Gasteiger partial charge in [0, 0.05) is 19.5 Å². The Morgan fingerprint density at radius 3 is 2.78 bits per heavy atom. The molecule has 2 aromatic carbocycles. The van der Waals surface area contributed by atoms with Gasteiger partial charge in [-0.1, -0.05) is 24.3 Å². The second kappa shape index (κ2) is 6.25. The monoisotopic (exact) mass is 309 g/mol. The molecule has 0 aromatic heterocycles. The van der Waals surface area contributed by atoms with Crippen molar-refractivity contribution in [3.8, 4) is 11.5 Å². The molecule has 23 heavy (non-hydrogen) atoms. The van der Waals surface area contributed by atoms with Crippen LogP contribution >= 0.6 is 0 Å². The Bertz CT molecular complexity index is 681. The van der Waals surface area contributed by atoms with E-state index >= 15 is 0 Å². The quantitative estimate of drug-likeness (QED) is 0.939. The molecule has 0 spiro atoms. The Hall–Kier alpha value is -2.00. The van der Waals surface area contributed by atoms with Crippen molar-refractivity contribution in [2.24, 2.45) is 5.92 Å². The standard InChI is InChI=1S/C20H23NO2/c22-19-4-1-15(2-5-19)11-17-7-9-21(14-17)13-16-3-6-20-18(12-16)8-10-23-20/h1-6,12,17,22H,7-11,13-14H2. The lowest BCUT2D eigenvalue weighted by atomic mass is 9.99. The number of hydrogen-bond donors (Lipinski definition) is 1. The van der Waals surface area contributed by atoms with Crippen molar-refractivity contribution < 1.29 is 9.84 Å². The molecule has 3 nitrogen and oxygen atoms in total. The zero-order valence-electron chi connectivity index (χ0n) is 13.4. The molecule has 1 unspecified atom stereocenters. The molecule has 0 radical (unpaired) electrons. The lowest BCUT2D eigenvalue weighted by Crippen LogP contribution is -2.20. The maximum atomic E-state index is 9.37. The van der Waals surface area contributed by atoms with E-state index in [4.69, 9.17) is 4.74 Å². The molecule has 4 rings (SSSR count). The fourth-order valence-corrected chi connectivity index (χ4v) is 3.78. The molecule has 1 N–H and O–H groups in total. The first-order chi connectivity index (χ1) is 11.3. The zero-order chi connectivity index (χ0) is 15.6. The highest BCUT2D eigenvalue weighted by molar-refractivity contribution is 5.39. The maximum absolute atomic E-state index is 9.37. The van der Waals surface area contributed by atoms with Crippen LogP contribution in [0.15, 0.2) is 42.5 Å². The Morgan fingerprint density at radius 2 is 1.91 bits per heavy atom. The number of aromatic hydroxyl groups is 1. The smallest absolute Gasteiger partial charge is 0.122 e. The van der Waals surface area contributed by atoms with Gasteiger partial charge in [-0.05, 0) is 60.2 Å². The summed E-state index contributed by atoms with van der Waals surface area (Å²) in [4.78, 5) is 2.56. The van der Waals surface area contributed by atoms with Crippen LogP contribution in [0, 0.1) is 5.92 Å². The predicted octanol–water partition coefficient (Wildman–Crippen LogP) is 3.39. The molecule has 2 aliphatic rings. The van der Waals surface area contributed by atoms with Crippen molar-refractivity contribution in [1.29, 1.82) is 0 Å². The van der Waals surface area contributed by atoms with Crippen molar-refractivity contribution in [1.82, 2.24) is 4.90 Å². The average Bonchev–Trinajstić information content (AvgIpc) is 3.18. The molecule has 2 aliphatic heterocycles. The van der Waals surface area contributed by atoms with Crippen molar-refractivity contribution in [2.45, 2.75) is 25.8 Å². The zero-order valence-corrected chi connectivity index (χ0v) is 13.4. The number of fused-ring (bicyclic) bond motifs is 1. The minimum absolute atomic E-state index is 0.349. The van der Waals surface area contributed by atoms with E-state index in [1.807, 2.05) is 12.1 Å². The summed E-state index contributed by atoms with van der Waals surface area (Å²) in [5.74, 6) is 2.14. The third-order valence-electron chi connectivity index (χ3n) is 4.99. The molecule has 0 amide bonds. The molecule has 2 heterocycles. The Kier molecular flexibility index (Phi) is 3.96. The van der Waals surface area contributed by atoms with Gasteiger partial charge in [-0.25, -0.2) is 0 Å². The highest BCUT2D eigenvalue weighted by atomic mass is 16.5. The molecule has 0 saturated carbocycles. The van der Waals surface area contributed by atoms with Crippen LogP contribution in [0.3, 0.4) is 0 Å². The van der Waals surface area contributed by atoms with Crippen LogP contribution in [-0.4, -0.2) is 29.7 Å². The number of phenols is 1. The van der Waals surface area contributed by atoms with E-state index in [-0.39, 0.29) is 0 Å². The largest absolute Gasteiger partial charge is 0.508 e. The molecular weight excluding hydrogens is 286 g/mol. The molecule has 3 heteroatoms. The SMILES string of the molecule is Oc1ccc(CC2CCN(Cc3ccc4c(c3)CCO4)C2)cc1. The van der Waals surface area contributed by atoms with Gasteiger partial charge in [0.1, 0.15) is 11.5 Å². The molecule has 0 bridgehead atoms. The summed E-state index contributed by atoms with van der Waals surface area (Å²) in [5.41, 5.74) is 4.09. The van der Waals surface area contributed by atoms with E-state index in [1.54, 1.807) is 12.1 Å². The molecule has 120 valence electrons. The van der Waals surface area contributed by atoms with Crippen molar-refractivity contribution >= 4 is 0 Å². The van der Waals surface area contributed by atoms with E-state index < -0.39 is 0 Å². The van der Waals surface area contributed by atoms with Crippen LogP contribution in [0.1, 0.15) is 23.1 Å². The van der Waals surface area contributed by atoms with Gasteiger partial charge in [0.2, 0.25) is 0 Å². The molecular formula is C20H23NO2. The van der Waals surface area contributed by atoms with Crippen molar-refractivity contribution in [2.75, 3.05) is 19.7 Å². The lowest BCUT2D eigenvalue weighted by Gasteiger charge is -2.16. The first-order valence-electron chi connectivity index (χ1n) is 8.51. The number of nitrogens with zero attached hydrogens (tertiary/aromatic N) is 1. The van der Waals surface area contributed by atoms with Gasteiger partial charge in [-0.3, -0.25) is 4.90 Å². The first kappa shape index (κ1) is 14.6. The lowest BCUT2D eigenvalue weighted by molar-refractivity contribution is 0.316. The van der Waals surface area contributed by atoms with Gasteiger partial charge in [-0.2, -0.15) is 0 Å². The Labute approximate surface area is 137 Å². The van der Waals surface area contributed by atoms with Gasteiger partial charge < -0.3 is 9.84 Å². The van der Waals surface area contributed by atoms with Crippen LogP contribution in [0.25, 0.3) is 0 Å². The fraction of sp³-hybridized carbons (Fsp3) is 0.400. The van der Waals surface area contributed by atoms with Gasteiger partial charge in [0.25, 0.3) is 0 Å². The summed E-state index contributed by atoms with van der Waals surface area (Å²) in [5, 5.41) is 9.37. The van der Waals surface area contributed by atoms with E-state index in [2.05, 4.69) is 23.1 Å². The first-order valence-corrected chi connectivity index (χ1v) is 8.51. The summed E-state index contributed by atoms with van der Waals surface area (Å²) < 4.78 is 5.58. The number of hydrogen-bond acceptors (Lipinski definition) is 3. The molecule has 2 aromatic rings. The Balaban J connectivity index is 1.34. The van der Waals surface area contributed by atoms with Crippen LogP contribution in [0.5, 0.6) is 11.5 Å². The van der Waals surface area contributed by atoms with Crippen LogP contribution in [0.2, 0.25) is 0 Å². The highest BCUT2D eigenvalue weighted by Gasteiger charge is 2.23. The predicted molar refractivity (Wildman–Crippen MR) is 90.8 cm³/mol. The summed E-state index contributed by atoms with van der Waals surface area (Å²) >= 11 is 0. The number of ether oxygens (including phenoxy) is 1. The van der Waals surface area contributed by atoms with Crippen molar-refractivity contribution in [3.63, 3.8) is 0 Å². The van der Waals surface area contributed by atoms with Gasteiger partial charge in [-0.15, -0.1) is 0 Å². The average molecular weight is 309 g/mol. The fourth-order valence-electron chi connectivity index (χ4n) is 3.78. The minimum atomic E-state index is 0.349. The molecule has 1 atom stereocenters. The summed E-state index contributed by atoms with van der Waals surface area (Å²) in [6.45, 7) is 4.21. The van der Waals surface area contributed by atoms with Gasteiger partial charge in [0.05, 0.1) is 6.61 Å². The van der Waals surface area contributed by atoms with E-state index in [0.29, 0.717) is 5.75 Å². The number of rotatable bonds is 4. The van der Waals surface area contributed by atoms with E-state index in [1.165, 1.54) is 29.7 Å². The summed E-state index contributed by atoms with van der Waals surface area (Å²) in [6, 6.07) is 14.3. The van der Waals surface area contributed by atoms with E-state index in [9.17, 15) is 5.11 Å². The van der Waals surface area contributed by atoms with Crippen LogP contribution < -0.4 is 4.74 Å². The number of benzene rings is 2. The van der Waals surface area contributed by atoms with Crippen molar-refractivity contribution in [3.05, 3.63) is 59.2 Å². The van der Waals surface area contributed by atoms with Gasteiger partial charge >= 0.3 is 0 Å². The molecule has 1 saturated heterocycles. The molecule has 1 fully saturated rings. The van der Waals surface area contributed by atoms with E-state index in [0.717, 1.165) is 44.2 Å². The normalized spacial score (nSPS) is 20.4. The third-order valence-corrected chi connectivity index (χ3v) is 4.99. The summed E-state index contributed by atoms with van der Waals surface area (Å²) in [7, 11) is 0. The topological polar surface area (TPSA) is 32.7 Å². The van der Waals surface area contributed by atoms with Crippen LogP contribution in [0.4, 0.5) is 0 Å². The highest BCUT2D eigenvalue weighted by Crippen LogP contribution is 2.28. The summed E-state index contributed by atoms with van der Waals surface area (Å²) in [6.07, 6.45) is 3.41. The minimum Gasteiger partial charge on any atom is -0.508 e. The van der Waals surface area contributed by atoms with Crippen LogP contribution in [-0.2, 0) is 19.4 Å². The third kappa shape index (κ3) is 3.35. The maximum Gasteiger partial charge on any atom is 0.122 e. The second-order valence-electron chi connectivity index (χ2n) is 6.80. The molecule has 0 aliphatic carbocycles.